The van der Waals surface area contributed by atoms with Crippen LogP contribution < -0.4 is 0 Å². The van der Waals surface area contributed by atoms with Crippen LogP contribution in [0.25, 0.3) is 11.4 Å². The van der Waals surface area contributed by atoms with E-state index in [9.17, 15) is 10.1 Å². The number of imidazole rings is 1. The lowest BCUT2D eigenvalue weighted by atomic mass is 10.2. The predicted molar refractivity (Wildman–Crippen MR) is 55.3 cm³/mol. The van der Waals surface area contributed by atoms with E-state index in [-0.39, 0.29) is 5.82 Å². The summed E-state index contributed by atoms with van der Waals surface area (Å²) in [6.07, 6.45) is 1.27. The largest absolute Gasteiger partial charge is 0.358 e. The minimum atomic E-state index is -0.445. The van der Waals surface area contributed by atoms with Gasteiger partial charge < -0.3 is 10.1 Å². The Morgan fingerprint density at radius 3 is 2.53 bits per heavy atom. The molecule has 0 spiro atoms. The maximum atomic E-state index is 10.6. The zero-order valence-electron chi connectivity index (χ0n) is 8.12. The molecule has 0 fully saturated rings. The number of rotatable bonds is 2. The van der Waals surface area contributed by atoms with Gasteiger partial charge in [0.15, 0.2) is 0 Å². The van der Waals surface area contributed by atoms with Crippen LogP contribution in [0, 0.1) is 10.1 Å². The molecule has 1 heterocycles. The molecule has 0 saturated heterocycles. The molecule has 0 aliphatic heterocycles. The van der Waals surface area contributed by atoms with Crippen molar-refractivity contribution in [1.29, 1.82) is 0 Å². The number of nitro groups is 1. The topological polar surface area (TPSA) is 61.0 Å². The minimum Gasteiger partial charge on any atom is -0.358 e. The van der Waals surface area contributed by atoms with Crippen molar-refractivity contribution in [3.05, 3.63) is 46.6 Å². The van der Waals surface area contributed by atoms with Gasteiger partial charge in [0.25, 0.3) is 0 Å². The Labute approximate surface area is 86.1 Å². The molecular formula is C10H9N3O2. The van der Waals surface area contributed by atoms with E-state index < -0.39 is 4.92 Å². The number of aromatic nitrogens is 2. The third kappa shape index (κ3) is 1.59. The molecule has 1 aromatic heterocycles. The van der Waals surface area contributed by atoms with E-state index in [0.29, 0.717) is 5.82 Å². The summed E-state index contributed by atoms with van der Waals surface area (Å²) in [5.74, 6) is 0.594. The summed E-state index contributed by atoms with van der Waals surface area (Å²) in [5.41, 5.74) is 0.869. The van der Waals surface area contributed by atoms with Crippen LogP contribution in [0.3, 0.4) is 0 Å². The van der Waals surface area contributed by atoms with Crippen LogP contribution >= 0.6 is 0 Å². The van der Waals surface area contributed by atoms with E-state index >= 15 is 0 Å². The Hall–Kier alpha value is -2.17. The molecule has 0 aliphatic rings. The van der Waals surface area contributed by atoms with Gasteiger partial charge >= 0.3 is 5.82 Å². The highest BCUT2D eigenvalue weighted by Crippen LogP contribution is 2.21. The maximum absolute atomic E-state index is 10.6. The second-order valence-electron chi connectivity index (χ2n) is 3.12. The van der Waals surface area contributed by atoms with Crippen LogP contribution in [0.5, 0.6) is 0 Å². The first-order valence-corrected chi connectivity index (χ1v) is 4.41. The van der Waals surface area contributed by atoms with Gasteiger partial charge in [0.1, 0.15) is 6.20 Å². The Kier molecular flexibility index (Phi) is 2.21. The number of hydrogen-bond acceptors (Lipinski definition) is 3. The molecule has 0 atom stereocenters. The first kappa shape index (κ1) is 9.39. The van der Waals surface area contributed by atoms with Crippen molar-refractivity contribution < 1.29 is 4.92 Å². The minimum absolute atomic E-state index is 0.00569. The van der Waals surface area contributed by atoms with Gasteiger partial charge in [0.2, 0.25) is 5.82 Å². The number of benzene rings is 1. The summed E-state index contributed by atoms with van der Waals surface area (Å²) in [7, 11) is 1.63. The molecular weight excluding hydrogens is 194 g/mol. The molecule has 0 aliphatic carbocycles. The van der Waals surface area contributed by atoms with E-state index in [4.69, 9.17) is 0 Å². The smallest absolute Gasteiger partial charge is 0.342 e. The van der Waals surface area contributed by atoms with Gasteiger partial charge in [-0.2, -0.15) is 0 Å². The Morgan fingerprint density at radius 1 is 1.33 bits per heavy atom. The quantitative estimate of drug-likeness (QED) is 0.554. The molecule has 15 heavy (non-hydrogen) atoms. The summed E-state index contributed by atoms with van der Waals surface area (Å²) in [5, 5.41) is 10.6. The van der Waals surface area contributed by atoms with Crippen molar-refractivity contribution in [3.8, 4) is 11.4 Å². The summed E-state index contributed by atoms with van der Waals surface area (Å²) in [6, 6.07) is 9.37. The van der Waals surface area contributed by atoms with Crippen molar-refractivity contribution in [2.24, 2.45) is 7.05 Å². The third-order valence-electron chi connectivity index (χ3n) is 2.18. The average Bonchev–Trinajstić information content (AvgIpc) is 2.61. The second-order valence-corrected chi connectivity index (χ2v) is 3.12. The fourth-order valence-electron chi connectivity index (χ4n) is 1.43. The molecule has 0 amide bonds. The van der Waals surface area contributed by atoms with E-state index in [1.165, 1.54) is 10.8 Å². The molecule has 2 aromatic rings. The van der Waals surface area contributed by atoms with Gasteiger partial charge in [-0.05, 0) is 17.1 Å². The van der Waals surface area contributed by atoms with Gasteiger partial charge in [0.05, 0.1) is 7.05 Å². The first-order chi connectivity index (χ1) is 7.20. The van der Waals surface area contributed by atoms with E-state index in [1.54, 1.807) is 7.05 Å². The van der Waals surface area contributed by atoms with Crippen LogP contribution in [0.15, 0.2) is 36.5 Å². The molecule has 0 N–H and O–H groups in total. The number of nitrogens with zero attached hydrogens (tertiary/aromatic N) is 3. The zero-order valence-corrected chi connectivity index (χ0v) is 8.12. The van der Waals surface area contributed by atoms with Gasteiger partial charge in [0, 0.05) is 5.56 Å². The fourth-order valence-corrected chi connectivity index (χ4v) is 1.43. The standard InChI is InChI=1S/C10H9N3O2/c1-12-9(13(14)15)7-11-10(12)8-5-3-2-4-6-8/h2-7H,1H3. The van der Waals surface area contributed by atoms with Gasteiger partial charge in [-0.1, -0.05) is 18.2 Å². The normalized spacial score (nSPS) is 10.2. The molecule has 2 rings (SSSR count). The van der Waals surface area contributed by atoms with Crippen LogP contribution in [0.1, 0.15) is 0 Å². The van der Waals surface area contributed by atoms with E-state index in [2.05, 4.69) is 4.98 Å². The monoisotopic (exact) mass is 203 g/mol. The first-order valence-electron chi connectivity index (χ1n) is 4.41. The highest BCUT2D eigenvalue weighted by molar-refractivity contribution is 5.57. The number of hydrogen-bond donors (Lipinski definition) is 0. The Morgan fingerprint density at radius 2 is 2.00 bits per heavy atom. The van der Waals surface area contributed by atoms with Crippen LogP contribution in [0.4, 0.5) is 5.82 Å². The van der Waals surface area contributed by atoms with Crippen molar-refractivity contribution in [2.45, 2.75) is 0 Å². The van der Waals surface area contributed by atoms with E-state index in [0.717, 1.165) is 5.56 Å². The van der Waals surface area contributed by atoms with Gasteiger partial charge in [-0.25, -0.2) is 9.55 Å². The summed E-state index contributed by atoms with van der Waals surface area (Å²) < 4.78 is 1.47. The molecule has 0 unspecified atom stereocenters. The molecule has 0 saturated carbocycles. The molecule has 0 bridgehead atoms. The van der Waals surface area contributed by atoms with Crippen molar-refractivity contribution in [3.63, 3.8) is 0 Å². The molecule has 5 nitrogen and oxygen atoms in total. The van der Waals surface area contributed by atoms with Gasteiger partial charge in [-0.15, -0.1) is 0 Å². The van der Waals surface area contributed by atoms with Crippen LogP contribution in [-0.2, 0) is 7.05 Å². The van der Waals surface area contributed by atoms with E-state index in [1.807, 2.05) is 30.3 Å². The Bertz CT molecular complexity index is 491. The van der Waals surface area contributed by atoms with Crippen molar-refractivity contribution in [2.75, 3.05) is 0 Å². The zero-order chi connectivity index (χ0) is 10.8. The van der Waals surface area contributed by atoms with Crippen molar-refractivity contribution >= 4 is 5.82 Å². The average molecular weight is 203 g/mol. The highest BCUT2D eigenvalue weighted by Gasteiger charge is 2.17. The predicted octanol–water partition coefficient (Wildman–Crippen LogP) is 2.00. The lowest BCUT2D eigenvalue weighted by Gasteiger charge is -1.97. The Balaban J connectivity index is 2.52. The molecule has 0 radical (unpaired) electrons. The molecule has 76 valence electrons. The van der Waals surface area contributed by atoms with Crippen molar-refractivity contribution in [1.82, 2.24) is 9.55 Å². The lowest BCUT2D eigenvalue weighted by molar-refractivity contribution is -0.391. The molecule has 5 heteroatoms. The third-order valence-corrected chi connectivity index (χ3v) is 2.18. The maximum Gasteiger partial charge on any atom is 0.342 e. The highest BCUT2D eigenvalue weighted by atomic mass is 16.6. The van der Waals surface area contributed by atoms with Gasteiger partial charge in [-0.3, -0.25) is 0 Å². The summed E-state index contributed by atoms with van der Waals surface area (Å²) in [4.78, 5) is 14.2. The SMILES string of the molecule is Cn1c([N+](=O)[O-])cnc1-c1ccccc1. The van der Waals surface area contributed by atoms with Crippen LogP contribution in [0.2, 0.25) is 0 Å². The van der Waals surface area contributed by atoms with Crippen LogP contribution in [-0.4, -0.2) is 14.5 Å². The second kappa shape index (κ2) is 3.53. The summed E-state index contributed by atoms with van der Waals surface area (Å²) in [6.45, 7) is 0. The fraction of sp³-hybridized carbons (Fsp3) is 0.100. The summed E-state index contributed by atoms with van der Waals surface area (Å²) >= 11 is 0. The lowest BCUT2D eigenvalue weighted by Crippen LogP contribution is -1.98. The molecule has 1 aromatic carbocycles.